The van der Waals surface area contributed by atoms with Crippen molar-refractivity contribution in [2.75, 3.05) is 6.54 Å². The van der Waals surface area contributed by atoms with E-state index in [1.54, 1.807) is 0 Å². The summed E-state index contributed by atoms with van der Waals surface area (Å²) >= 11 is 0. The van der Waals surface area contributed by atoms with Crippen LogP contribution in [0.1, 0.15) is 64.5 Å². The fourth-order valence-corrected chi connectivity index (χ4v) is 2.65. The molecule has 0 amide bonds. The van der Waals surface area contributed by atoms with Gasteiger partial charge in [-0.2, -0.15) is 0 Å². The van der Waals surface area contributed by atoms with Crippen LogP contribution < -0.4 is 5.73 Å². The van der Waals surface area contributed by atoms with Crippen LogP contribution in [0.4, 0.5) is 0 Å². The van der Waals surface area contributed by atoms with Gasteiger partial charge in [0.15, 0.2) is 0 Å². The molecular formula is C20H31NO. The van der Waals surface area contributed by atoms with E-state index in [4.69, 9.17) is 5.73 Å². The van der Waals surface area contributed by atoms with Crippen molar-refractivity contribution in [2.24, 2.45) is 11.1 Å². The average Bonchev–Trinajstić information content (AvgIpc) is 2.46. The first-order valence-corrected chi connectivity index (χ1v) is 8.39. The Kier molecular flexibility index (Phi) is 7.13. The highest BCUT2D eigenvalue weighted by molar-refractivity contribution is 5.39. The summed E-state index contributed by atoms with van der Waals surface area (Å²) in [4.78, 5) is 0. The van der Waals surface area contributed by atoms with Gasteiger partial charge in [0.1, 0.15) is 5.60 Å². The van der Waals surface area contributed by atoms with Gasteiger partial charge in [-0.05, 0) is 48.9 Å². The Morgan fingerprint density at radius 1 is 1.14 bits per heavy atom. The minimum Gasteiger partial charge on any atom is -0.378 e. The largest absolute Gasteiger partial charge is 0.378 e. The number of nitrogens with two attached hydrogens (primary N) is 1. The lowest BCUT2D eigenvalue weighted by molar-refractivity contribution is 0.0807. The Balaban J connectivity index is 2.93. The summed E-state index contributed by atoms with van der Waals surface area (Å²) < 4.78 is 0. The van der Waals surface area contributed by atoms with E-state index < -0.39 is 5.60 Å². The molecule has 0 unspecified atom stereocenters. The van der Waals surface area contributed by atoms with Crippen LogP contribution in [0.15, 0.2) is 24.3 Å². The molecule has 0 aliphatic carbocycles. The molecule has 0 saturated carbocycles. The van der Waals surface area contributed by atoms with E-state index >= 15 is 0 Å². The first-order chi connectivity index (χ1) is 10.3. The van der Waals surface area contributed by atoms with Crippen molar-refractivity contribution in [2.45, 2.75) is 65.4 Å². The lowest BCUT2D eigenvalue weighted by Crippen LogP contribution is -2.26. The third-order valence-corrected chi connectivity index (χ3v) is 3.93. The zero-order valence-electron chi connectivity index (χ0n) is 14.6. The minimum absolute atomic E-state index is 0.0945. The van der Waals surface area contributed by atoms with Crippen LogP contribution in [-0.4, -0.2) is 17.3 Å². The van der Waals surface area contributed by atoms with Crippen molar-refractivity contribution >= 4 is 0 Å². The second-order valence-electron chi connectivity index (χ2n) is 7.03. The maximum absolute atomic E-state index is 10.6. The second-order valence-corrected chi connectivity index (χ2v) is 7.03. The monoisotopic (exact) mass is 301 g/mol. The molecule has 0 aliphatic heterocycles. The molecule has 1 rings (SSSR count). The molecular weight excluding hydrogens is 270 g/mol. The van der Waals surface area contributed by atoms with Gasteiger partial charge in [-0.1, -0.05) is 64.5 Å². The summed E-state index contributed by atoms with van der Waals surface area (Å²) in [5.74, 6) is 6.27. The highest BCUT2D eigenvalue weighted by Crippen LogP contribution is 2.21. The number of aliphatic hydroxyl groups is 1. The molecule has 22 heavy (non-hydrogen) atoms. The van der Waals surface area contributed by atoms with Gasteiger partial charge in [-0.25, -0.2) is 0 Å². The van der Waals surface area contributed by atoms with Gasteiger partial charge in [0, 0.05) is 5.56 Å². The zero-order chi connectivity index (χ0) is 16.6. The van der Waals surface area contributed by atoms with Crippen LogP contribution >= 0.6 is 0 Å². The van der Waals surface area contributed by atoms with E-state index in [1.165, 1.54) is 5.56 Å². The minimum atomic E-state index is -0.851. The molecule has 0 bridgehead atoms. The topological polar surface area (TPSA) is 46.2 Å². The fraction of sp³-hybridized carbons (Fsp3) is 0.600. The van der Waals surface area contributed by atoms with Gasteiger partial charge >= 0.3 is 0 Å². The molecule has 0 heterocycles. The fourth-order valence-electron chi connectivity index (χ4n) is 2.65. The van der Waals surface area contributed by atoms with Gasteiger partial charge in [0.2, 0.25) is 0 Å². The molecule has 1 aromatic carbocycles. The number of rotatable bonds is 7. The smallest absolute Gasteiger partial charge is 0.125 e. The van der Waals surface area contributed by atoms with Gasteiger partial charge in [-0.15, -0.1) is 0 Å². The number of hydrogen-bond acceptors (Lipinski definition) is 2. The highest BCUT2D eigenvalue weighted by atomic mass is 16.3. The van der Waals surface area contributed by atoms with Crippen molar-refractivity contribution in [3.8, 4) is 11.8 Å². The van der Waals surface area contributed by atoms with E-state index in [1.807, 2.05) is 12.1 Å². The maximum Gasteiger partial charge on any atom is 0.125 e. The zero-order valence-corrected chi connectivity index (χ0v) is 14.6. The van der Waals surface area contributed by atoms with Crippen LogP contribution in [0.2, 0.25) is 0 Å². The normalized spacial score (nSPS) is 11.9. The molecule has 0 fully saturated rings. The number of hydrogen-bond donors (Lipinski definition) is 2. The lowest BCUT2D eigenvalue weighted by Gasteiger charge is -2.22. The summed E-state index contributed by atoms with van der Waals surface area (Å²) in [6.07, 6.45) is 4.28. The van der Waals surface area contributed by atoms with Gasteiger partial charge in [0.25, 0.3) is 0 Å². The Bertz CT molecular complexity index is 516. The predicted molar refractivity (Wildman–Crippen MR) is 94.6 cm³/mol. The van der Waals surface area contributed by atoms with Gasteiger partial charge < -0.3 is 10.8 Å². The van der Waals surface area contributed by atoms with Crippen LogP contribution in [0, 0.1) is 17.3 Å². The van der Waals surface area contributed by atoms with E-state index in [0.29, 0.717) is 6.54 Å². The molecule has 2 nitrogen and oxygen atoms in total. The van der Waals surface area contributed by atoms with Crippen molar-refractivity contribution in [1.29, 1.82) is 0 Å². The molecule has 0 spiro atoms. The Morgan fingerprint density at radius 2 is 1.77 bits per heavy atom. The number of benzene rings is 1. The van der Waals surface area contributed by atoms with Crippen LogP contribution in [0.5, 0.6) is 0 Å². The average molecular weight is 301 g/mol. The van der Waals surface area contributed by atoms with Crippen molar-refractivity contribution in [3.63, 3.8) is 0 Å². The van der Waals surface area contributed by atoms with Crippen LogP contribution in [0.3, 0.4) is 0 Å². The van der Waals surface area contributed by atoms with Gasteiger partial charge in [0.05, 0.1) is 0 Å². The van der Waals surface area contributed by atoms with E-state index in [9.17, 15) is 5.11 Å². The maximum atomic E-state index is 10.6. The summed E-state index contributed by atoms with van der Waals surface area (Å²) in [7, 11) is 0. The van der Waals surface area contributed by atoms with E-state index in [2.05, 4.69) is 51.7 Å². The Hall–Kier alpha value is -1.30. The summed E-state index contributed by atoms with van der Waals surface area (Å²) in [6, 6.07) is 8.27. The highest BCUT2D eigenvalue weighted by Gasteiger charge is 2.21. The standard InChI is InChI=1S/C20H31NO/c1-5-11-20(22,12-6-2)13-10-17-8-7-9-18(14-17)15-19(3,4)16-21/h7-9,14,22H,5-6,11-12,15-16,21H2,1-4H3. The summed E-state index contributed by atoms with van der Waals surface area (Å²) in [5.41, 5.74) is 7.27. The quantitative estimate of drug-likeness (QED) is 0.750. The van der Waals surface area contributed by atoms with Crippen molar-refractivity contribution < 1.29 is 5.11 Å². The van der Waals surface area contributed by atoms with Crippen molar-refractivity contribution in [3.05, 3.63) is 35.4 Å². The van der Waals surface area contributed by atoms with Gasteiger partial charge in [-0.3, -0.25) is 0 Å². The Labute approximate surface area is 136 Å². The Morgan fingerprint density at radius 3 is 2.32 bits per heavy atom. The predicted octanol–water partition coefficient (Wildman–Crippen LogP) is 3.90. The second kappa shape index (κ2) is 8.36. The SMILES string of the molecule is CCCC(O)(C#Cc1cccc(CC(C)(C)CN)c1)CCC. The first-order valence-electron chi connectivity index (χ1n) is 8.39. The molecule has 0 radical (unpaired) electrons. The van der Waals surface area contributed by atoms with E-state index in [0.717, 1.165) is 37.7 Å². The van der Waals surface area contributed by atoms with Crippen LogP contribution in [-0.2, 0) is 6.42 Å². The molecule has 0 saturated heterocycles. The molecule has 0 aromatic heterocycles. The molecule has 3 N–H and O–H groups in total. The molecule has 2 heteroatoms. The summed E-state index contributed by atoms with van der Waals surface area (Å²) in [5, 5.41) is 10.6. The lowest BCUT2D eigenvalue weighted by atomic mass is 9.85. The third-order valence-electron chi connectivity index (χ3n) is 3.93. The molecule has 0 atom stereocenters. The molecule has 0 aliphatic rings. The summed E-state index contributed by atoms with van der Waals surface area (Å²) in [6.45, 7) is 9.17. The molecule has 1 aromatic rings. The molecule has 122 valence electrons. The van der Waals surface area contributed by atoms with Crippen molar-refractivity contribution in [1.82, 2.24) is 0 Å². The van der Waals surface area contributed by atoms with Crippen LogP contribution in [0.25, 0.3) is 0 Å². The van der Waals surface area contributed by atoms with E-state index in [-0.39, 0.29) is 5.41 Å². The third kappa shape index (κ3) is 6.22. The first kappa shape index (κ1) is 18.7.